The van der Waals surface area contributed by atoms with E-state index in [0.717, 1.165) is 6.54 Å². The third kappa shape index (κ3) is 4.12. The van der Waals surface area contributed by atoms with Crippen LogP contribution in [0.5, 0.6) is 0 Å². The largest absolute Gasteiger partial charge is 0.307 e. The molecule has 0 saturated carbocycles. The van der Waals surface area contributed by atoms with Gasteiger partial charge in [-0.3, -0.25) is 0 Å². The van der Waals surface area contributed by atoms with Gasteiger partial charge >= 0.3 is 0 Å². The predicted octanol–water partition coefficient (Wildman–Crippen LogP) is 4.95. The Hall–Kier alpha value is -0.730. The zero-order chi connectivity index (χ0) is 13.5. The first-order valence-corrected chi connectivity index (χ1v) is 8.64. The Morgan fingerprint density at radius 1 is 1.16 bits per heavy atom. The maximum atomic E-state index is 3.66. The quantitative estimate of drug-likeness (QED) is 0.603. The average Bonchev–Trinajstić information content (AvgIpc) is 2.74. The van der Waals surface area contributed by atoms with E-state index in [0.29, 0.717) is 6.04 Å². The zero-order valence-electron chi connectivity index (χ0n) is 12.1. The van der Waals surface area contributed by atoms with E-state index in [4.69, 9.17) is 0 Å². The first-order valence-electron chi connectivity index (χ1n) is 7.41. The number of likely N-dealkylation sites (N-methyl/N-ethyl adjacent to an activating group) is 1. The van der Waals surface area contributed by atoms with E-state index in [9.17, 15) is 0 Å². The van der Waals surface area contributed by atoms with E-state index >= 15 is 0 Å². The zero-order valence-corrected chi connectivity index (χ0v) is 12.9. The molecule has 0 fully saturated rings. The first-order chi connectivity index (χ1) is 9.35. The highest BCUT2D eigenvalue weighted by atomic mass is 32.2. The fourth-order valence-corrected chi connectivity index (χ4v) is 3.17. The number of thioether (sulfide) groups is 1. The summed E-state index contributed by atoms with van der Waals surface area (Å²) >= 11 is 1.81. The molecule has 1 N–H and O–H groups in total. The van der Waals surface area contributed by atoms with Crippen LogP contribution in [0.25, 0.3) is 0 Å². The Morgan fingerprint density at radius 3 is 2.63 bits per heavy atom. The summed E-state index contributed by atoms with van der Waals surface area (Å²) in [5, 5.41) is 3.66. The molecule has 1 aromatic carbocycles. The molecule has 1 atom stereocenters. The summed E-state index contributed by atoms with van der Waals surface area (Å²) in [6.07, 6.45) is 11.2. The van der Waals surface area contributed by atoms with Crippen molar-refractivity contribution < 1.29 is 0 Å². The molecule has 0 aromatic heterocycles. The Morgan fingerprint density at radius 2 is 1.95 bits per heavy atom. The number of rotatable bonds is 5. The summed E-state index contributed by atoms with van der Waals surface area (Å²) < 4.78 is 0. The van der Waals surface area contributed by atoms with Crippen LogP contribution in [0.3, 0.4) is 0 Å². The Kier molecular flexibility index (Phi) is 5.99. The van der Waals surface area contributed by atoms with Crippen molar-refractivity contribution >= 4 is 11.8 Å². The maximum Gasteiger partial charge on any atom is 0.0535 e. The van der Waals surface area contributed by atoms with Gasteiger partial charge in [-0.15, -0.1) is 11.8 Å². The minimum absolute atomic E-state index is 0.416. The minimum Gasteiger partial charge on any atom is -0.307 e. The number of benzene rings is 1. The number of hydrogen-bond acceptors (Lipinski definition) is 2. The van der Waals surface area contributed by atoms with Crippen LogP contribution in [-0.4, -0.2) is 12.8 Å². The molecule has 1 aromatic rings. The van der Waals surface area contributed by atoms with E-state index in [2.05, 4.69) is 48.8 Å². The van der Waals surface area contributed by atoms with Gasteiger partial charge in [-0.25, -0.2) is 0 Å². The number of allylic oxidation sites excluding steroid dienone is 1. The second-order valence-electron chi connectivity index (χ2n) is 5.14. The molecule has 0 aliphatic heterocycles. The summed E-state index contributed by atoms with van der Waals surface area (Å²) in [4.78, 5) is 1.34. The van der Waals surface area contributed by atoms with Crippen molar-refractivity contribution in [3.05, 3.63) is 41.5 Å². The fraction of sp³-hybridized carbons (Fsp3) is 0.529. The lowest BCUT2D eigenvalue weighted by atomic mass is 9.95. The lowest BCUT2D eigenvalue weighted by Crippen LogP contribution is -2.22. The molecular weight excluding hydrogens is 250 g/mol. The third-order valence-electron chi connectivity index (χ3n) is 3.80. The summed E-state index contributed by atoms with van der Waals surface area (Å²) in [7, 11) is 0. The van der Waals surface area contributed by atoms with E-state index in [1.807, 2.05) is 0 Å². The van der Waals surface area contributed by atoms with Gasteiger partial charge in [0, 0.05) is 4.90 Å². The molecule has 2 heteroatoms. The predicted molar refractivity (Wildman–Crippen MR) is 85.8 cm³/mol. The van der Waals surface area contributed by atoms with Crippen LogP contribution >= 0.6 is 11.8 Å². The third-order valence-corrected chi connectivity index (χ3v) is 4.55. The molecule has 1 aliphatic rings. The van der Waals surface area contributed by atoms with Crippen LogP contribution in [0.4, 0.5) is 0 Å². The van der Waals surface area contributed by atoms with Crippen LogP contribution < -0.4 is 5.32 Å². The molecule has 0 radical (unpaired) electrons. The SMILES string of the molecule is CCNC(C1=CCCCCC1)c1ccc(SC)cc1. The van der Waals surface area contributed by atoms with E-state index in [-0.39, 0.29) is 0 Å². The molecule has 19 heavy (non-hydrogen) atoms. The van der Waals surface area contributed by atoms with E-state index < -0.39 is 0 Å². The van der Waals surface area contributed by atoms with Gasteiger partial charge in [-0.2, -0.15) is 0 Å². The normalized spacial score (nSPS) is 17.7. The van der Waals surface area contributed by atoms with Gasteiger partial charge in [0.2, 0.25) is 0 Å². The van der Waals surface area contributed by atoms with Crippen molar-refractivity contribution in [3.8, 4) is 0 Å². The monoisotopic (exact) mass is 275 g/mol. The summed E-state index contributed by atoms with van der Waals surface area (Å²) in [6, 6.07) is 9.46. The van der Waals surface area contributed by atoms with Gasteiger partial charge in [0.1, 0.15) is 0 Å². The van der Waals surface area contributed by atoms with Crippen molar-refractivity contribution in [3.63, 3.8) is 0 Å². The minimum atomic E-state index is 0.416. The molecule has 0 heterocycles. The molecule has 1 unspecified atom stereocenters. The van der Waals surface area contributed by atoms with Gasteiger partial charge in [0.05, 0.1) is 6.04 Å². The topological polar surface area (TPSA) is 12.0 Å². The van der Waals surface area contributed by atoms with Crippen molar-refractivity contribution in [2.45, 2.75) is 50.0 Å². The Bertz CT molecular complexity index is 408. The van der Waals surface area contributed by atoms with Crippen LogP contribution in [-0.2, 0) is 0 Å². The second-order valence-corrected chi connectivity index (χ2v) is 6.02. The highest BCUT2D eigenvalue weighted by Gasteiger charge is 2.16. The number of nitrogens with one attached hydrogen (secondary N) is 1. The van der Waals surface area contributed by atoms with E-state index in [1.165, 1.54) is 42.6 Å². The van der Waals surface area contributed by atoms with Crippen LogP contribution in [0.2, 0.25) is 0 Å². The molecule has 1 aliphatic carbocycles. The summed E-state index contributed by atoms with van der Waals surface area (Å²) in [5.74, 6) is 0. The van der Waals surface area contributed by atoms with Crippen LogP contribution in [0.1, 0.15) is 50.6 Å². The van der Waals surface area contributed by atoms with Crippen molar-refractivity contribution in [1.82, 2.24) is 5.32 Å². The molecular formula is C17H25NS. The molecule has 104 valence electrons. The van der Waals surface area contributed by atoms with Gasteiger partial charge < -0.3 is 5.32 Å². The summed E-state index contributed by atoms with van der Waals surface area (Å²) in [6.45, 7) is 3.22. The lowest BCUT2D eigenvalue weighted by molar-refractivity contribution is 0.589. The number of hydrogen-bond donors (Lipinski definition) is 1. The first kappa shape index (κ1) is 14.7. The fourth-order valence-electron chi connectivity index (χ4n) is 2.77. The standard InChI is InChI=1S/C17H25NS/c1-3-18-17(14-8-6-4-5-7-9-14)15-10-12-16(19-2)13-11-15/h8,10-13,17-18H,3-7,9H2,1-2H3. The molecule has 2 rings (SSSR count). The van der Waals surface area contributed by atoms with Gasteiger partial charge in [0.15, 0.2) is 0 Å². The van der Waals surface area contributed by atoms with Crippen molar-refractivity contribution in [2.24, 2.45) is 0 Å². The van der Waals surface area contributed by atoms with Crippen molar-refractivity contribution in [2.75, 3.05) is 12.8 Å². The Balaban J connectivity index is 2.19. The molecule has 0 spiro atoms. The maximum absolute atomic E-state index is 3.66. The van der Waals surface area contributed by atoms with Crippen LogP contribution in [0, 0.1) is 0 Å². The second kappa shape index (κ2) is 7.76. The highest BCUT2D eigenvalue weighted by Crippen LogP contribution is 2.30. The summed E-state index contributed by atoms with van der Waals surface area (Å²) in [5.41, 5.74) is 3.00. The van der Waals surface area contributed by atoms with Crippen molar-refractivity contribution in [1.29, 1.82) is 0 Å². The molecule has 0 amide bonds. The molecule has 0 saturated heterocycles. The average molecular weight is 275 g/mol. The Labute approximate surface area is 121 Å². The van der Waals surface area contributed by atoms with Gasteiger partial charge in [-0.1, -0.05) is 37.1 Å². The van der Waals surface area contributed by atoms with Crippen LogP contribution in [0.15, 0.2) is 40.8 Å². The highest BCUT2D eigenvalue weighted by molar-refractivity contribution is 7.98. The molecule has 1 nitrogen and oxygen atoms in total. The smallest absolute Gasteiger partial charge is 0.0535 e. The lowest BCUT2D eigenvalue weighted by Gasteiger charge is -2.22. The van der Waals surface area contributed by atoms with E-state index in [1.54, 1.807) is 17.3 Å². The van der Waals surface area contributed by atoms with Gasteiger partial charge in [-0.05, 0) is 56.2 Å². The molecule has 0 bridgehead atoms. The van der Waals surface area contributed by atoms with Gasteiger partial charge in [0.25, 0.3) is 0 Å².